The highest BCUT2D eigenvalue weighted by atomic mass is 16.5. The number of carbonyl (C=O) groups is 1. The van der Waals surface area contributed by atoms with Crippen LogP contribution in [0.4, 0.5) is 0 Å². The maximum absolute atomic E-state index is 12.1. The number of ether oxygens (including phenoxy) is 1. The normalized spacial score (nSPS) is 25.2. The molecule has 2 aliphatic rings. The lowest BCUT2D eigenvalue weighted by atomic mass is 9.57. The molecule has 0 aromatic heterocycles. The summed E-state index contributed by atoms with van der Waals surface area (Å²) < 4.78 is 6.15. The summed E-state index contributed by atoms with van der Waals surface area (Å²) in [5.74, 6) is 1.36. The zero-order valence-corrected chi connectivity index (χ0v) is 11.9. The summed E-state index contributed by atoms with van der Waals surface area (Å²) in [5.41, 5.74) is 2.30. The third kappa shape index (κ3) is 2.18. The lowest BCUT2D eigenvalue weighted by Gasteiger charge is -2.49. The van der Waals surface area contributed by atoms with E-state index < -0.39 is 0 Å². The Balaban J connectivity index is 1.78. The molecular weight excluding hydrogens is 236 g/mol. The Kier molecular flexibility index (Phi) is 3.12. The van der Waals surface area contributed by atoms with Gasteiger partial charge in [0, 0.05) is 6.42 Å². The van der Waals surface area contributed by atoms with E-state index in [9.17, 15) is 4.79 Å². The fourth-order valence-corrected chi connectivity index (χ4v) is 3.72. The predicted octanol–water partition coefficient (Wildman–Crippen LogP) is 3.97. The molecule has 2 fully saturated rings. The molecule has 1 atom stereocenters. The number of hydrogen-bond donors (Lipinski definition) is 0. The SMILES string of the molecule is Cc1cc(C)cc(OC2CC(=O)C23CCCCC3)c1. The minimum atomic E-state index is -0.143. The van der Waals surface area contributed by atoms with E-state index in [1.807, 2.05) is 0 Å². The molecule has 0 saturated heterocycles. The van der Waals surface area contributed by atoms with E-state index in [2.05, 4.69) is 32.0 Å². The number of hydrogen-bond acceptors (Lipinski definition) is 2. The van der Waals surface area contributed by atoms with E-state index in [0.717, 1.165) is 18.6 Å². The average molecular weight is 258 g/mol. The topological polar surface area (TPSA) is 26.3 Å². The second-order valence-electron chi connectivity index (χ2n) is 6.27. The van der Waals surface area contributed by atoms with Gasteiger partial charge in [0.1, 0.15) is 17.6 Å². The van der Waals surface area contributed by atoms with Crippen LogP contribution in [-0.4, -0.2) is 11.9 Å². The molecule has 2 aliphatic carbocycles. The lowest BCUT2D eigenvalue weighted by molar-refractivity contribution is -0.156. The highest BCUT2D eigenvalue weighted by Gasteiger charge is 2.56. The van der Waals surface area contributed by atoms with Crippen molar-refractivity contribution in [1.29, 1.82) is 0 Å². The van der Waals surface area contributed by atoms with Crippen LogP contribution >= 0.6 is 0 Å². The van der Waals surface area contributed by atoms with Crippen molar-refractivity contribution in [3.63, 3.8) is 0 Å². The first kappa shape index (κ1) is 12.7. The first-order valence-corrected chi connectivity index (χ1v) is 7.38. The van der Waals surface area contributed by atoms with Crippen molar-refractivity contribution in [2.24, 2.45) is 5.41 Å². The molecule has 2 heteroatoms. The molecule has 3 rings (SSSR count). The van der Waals surface area contributed by atoms with Gasteiger partial charge in [0.2, 0.25) is 0 Å². The van der Waals surface area contributed by atoms with E-state index in [-0.39, 0.29) is 11.5 Å². The molecule has 1 aromatic carbocycles. The summed E-state index contributed by atoms with van der Waals surface area (Å²) in [5, 5.41) is 0. The maximum atomic E-state index is 12.1. The molecular formula is C17H22O2. The van der Waals surface area contributed by atoms with Crippen molar-refractivity contribution in [1.82, 2.24) is 0 Å². The fraction of sp³-hybridized carbons (Fsp3) is 0.588. The number of benzene rings is 1. The zero-order valence-electron chi connectivity index (χ0n) is 11.9. The minimum Gasteiger partial charge on any atom is -0.489 e. The van der Waals surface area contributed by atoms with Gasteiger partial charge >= 0.3 is 0 Å². The lowest BCUT2D eigenvalue weighted by Crippen LogP contribution is -2.57. The molecule has 1 aromatic rings. The van der Waals surface area contributed by atoms with Crippen molar-refractivity contribution in [2.45, 2.75) is 58.5 Å². The Hall–Kier alpha value is -1.31. The van der Waals surface area contributed by atoms with Crippen molar-refractivity contribution in [3.05, 3.63) is 29.3 Å². The Morgan fingerprint density at radius 3 is 2.26 bits per heavy atom. The van der Waals surface area contributed by atoms with Crippen molar-refractivity contribution in [2.75, 3.05) is 0 Å². The van der Waals surface area contributed by atoms with Gasteiger partial charge in [-0.1, -0.05) is 25.3 Å². The Morgan fingerprint density at radius 2 is 1.68 bits per heavy atom. The van der Waals surface area contributed by atoms with Gasteiger partial charge in [-0.05, 0) is 49.9 Å². The third-order valence-corrected chi connectivity index (χ3v) is 4.76. The van der Waals surface area contributed by atoms with E-state index in [1.54, 1.807) is 0 Å². The quantitative estimate of drug-likeness (QED) is 0.802. The van der Waals surface area contributed by atoms with Crippen LogP contribution in [0.1, 0.15) is 49.7 Å². The summed E-state index contributed by atoms with van der Waals surface area (Å²) in [6.45, 7) is 4.17. The second-order valence-corrected chi connectivity index (χ2v) is 6.27. The molecule has 0 amide bonds. The summed E-state index contributed by atoms with van der Waals surface area (Å²) >= 11 is 0. The van der Waals surface area contributed by atoms with Gasteiger partial charge in [-0.3, -0.25) is 4.79 Å². The molecule has 102 valence electrons. The largest absolute Gasteiger partial charge is 0.489 e. The van der Waals surface area contributed by atoms with Crippen LogP contribution in [0.3, 0.4) is 0 Å². The molecule has 0 N–H and O–H groups in total. The number of Topliss-reactive ketones (excluding diaryl/α,β-unsaturated/α-hetero) is 1. The third-order valence-electron chi connectivity index (χ3n) is 4.76. The van der Waals surface area contributed by atoms with E-state index in [4.69, 9.17) is 4.74 Å². The number of ketones is 1. The highest BCUT2D eigenvalue weighted by molar-refractivity contribution is 5.92. The summed E-state index contributed by atoms with van der Waals surface area (Å²) in [6.07, 6.45) is 6.40. The van der Waals surface area contributed by atoms with Gasteiger partial charge in [0.15, 0.2) is 0 Å². The van der Waals surface area contributed by atoms with Crippen molar-refractivity contribution in [3.8, 4) is 5.75 Å². The van der Waals surface area contributed by atoms with E-state index >= 15 is 0 Å². The Labute approximate surface area is 115 Å². The van der Waals surface area contributed by atoms with Crippen LogP contribution in [0.5, 0.6) is 5.75 Å². The smallest absolute Gasteiger partial charge is 0.146 e. The fourth-order valence-electron chi connectivity index (χ4n) is 3.72. The van der Waals surface area contributed by atoms with Gasteiger partial charge in [-0.25, -0.2) is 0 Å². The Morgan fingerprint density at radius 1 is 1.05 bits per heavy atom. The van der Waals surface area contributed by atoms with Crippen LogP contribution in [0.2, 0.25) is 0 Å². The van der Waals surface area contributed by atoms with Crippen LogP contribution in [0.25, 0.3) is 0 Å². The number of aryl methyl sites for hydroxylation is 2. The molecule has 1 unspecified atom stereocenters. The second kappa shape index (κ2) is 4.66. The summed E-state index contributed by atoms with van der Waals surface area (Å²) in [4.78, 5) is 12.1. The Bertz CT molecular complexity index is 478. The average Bonchev–Trinajstić information content (AvgIpc) is 2.38. The molecule has 0 heterocycles. The molecule has 19 heavy (non-hydrogen) atoms. The molecule has 2 nitrogen and oxygen atoms in total. The molecule has 0 radical (unpaired) electrons. The number of carbonyl (C=O) groups excluding carboxylic acids is 1. The van der Waals surface area contributed by atoms with Gasteiger partial charge in [-0.15, -0.1) is 0 Å². The highest BCUT2D eigenvalue weighted by Crippen LogP contribution is 2.50. The molecule has 1 spiro atoms. The van der Waals surface area contributed by atoms with E-state index in [1.165, 1.54) is 30.4 Å². The van der Waals surface area contributed by atoms with Crippen molar-refractivity contribution >= 4 is 5.78 Å². The van der Waals surface area contributed by atoms with Gasteiger partial charge in [0.05, 0.1) is 5.41 Å². The van der Waals surface area contributed by atoms with Crippen molar-refractivity contribution < 1.29 is 9.53 Å². The first-order valence-electron chi connectivity index (χ1n) is 7.38. The number of rotatable bonds is 2. The van der Waals surface area contributed by atoms with Gasteiger partial charge in [0.25, 0.3) is 0 Å². The van der Waals surface area contributed by atoms with Gasteiger partial charge in [-0.2, -0.15) is 0 Å². The zero-order chi connectivity index (χ0) is 13.5. The molecule has 0 bridgehead atoms. The first-order chi connectivity index (χ1) is 9.10. The standard InChI is InChI=1S/C17H22O2/c1-12-8-13(2)10-14(9-12)19-16-11-15(18)17(16)6-4-3-5-7-17/h8-10,16H,3-7,11H2,1-2H3. The molecule has 2 saturated carbocycles. The van der Waals surface area contributed by atoms with E-state index in [0.29, 0.717) is 12.2 Å². The molecule has 0 aliphatic heterocycles. The van der Waals surface area contributed by atoms with Crippen LogP contribution < -0.4 is 4.74 Å². The van der Waals surface area contributed by atoms with Crippen LogP contribution in [0, 0.1) is 19.3 Å². The van der Waals surface area contributed by atoms with Crippen LogP contribution in [0.15, 0.2) is 18.2 Å². The predicted molar refractivity (Wildman–Crippen MR) is 75.5 cm³/mol. The van der Waals surface area contributed by atoms with Crippen LogP contribution in [-0.2, 0) is 4.79 Å². The summed E-state index contributed by atoms with van der Waals surface area (Å²) in [6, 6.07) is 6.30. The summed E-state index contributed by atoms with van der Waals surface area (Å²) in [7, 11) is 0. The van der Waals surface area contributed by atoms with Gasteiger partial charge < -0.3 is 4.74 Å². The maximum Gasteiger partial charge on any atom is 0.146 e. The minimum absolute atomic E-state index is 0.112. The monoisotopic (exact) mass is 258 g/mol.